The van der Waals surface area contributed by atoms with Crippen LogP contribution in [0, 0.1) is 12.8 Å². The van der Waals surface area contributed by atoms with Crippen LogP contribution in [-0.4, -0.2) is 29.8 Å². The number of hydrogen-bond acceptors (Lipinski definition) is 2. The molecule has 0 saturated carbocycles. The molecule has 0 radical (unpaired) electrons. The molecule has 0 spiro atoms. The Balaban J connectivity index is 1.93. The number of carbonyl (C=O) groups is 1. The molecular formula is C18H27NO. The van der Waals surface area contributed by atoms with Crippen molar-refractivity contribution in [3.63, 3.8) is 0 Å². The van der Waals surface area contributed by atoms with Gasteiger partial charge in [0.15, 0.2) is 5.78 Å². The Morgan fingerprint density at radius 1 is 1.25 bits per heavy atom. The minimum atomic E-state index is 0.0142. The molecule has 1 aliphatic heterocycles. The SMILES string of the molecule is CCCC1CCN(C(C)C(=O)c2ccc(C)cc2)CC1. The molecule has 2 nitrogen and oxygen atoms in total. The van der Waals surface area contributed by atoms with Crippen molar-refractivity contribution in [2.75, 3.05) is 13.1 Å². The van der Waals surface area contributed by atoms with Crippen molar-refractivity contribution >= 4 is 5.78 Å². The summed E-state index contributed by atoms with van der Waals surface area (Å²) in [6, 6.07) is 7.97. The smallest absolute Gasteiger partial charge is 0.179 e. The molecule has 1 unspecified atom stereocenters. The van der Waals surface area contributed by atoms with Crippen molar-refractivity contribution in [2.45, 2.75) is 52.5 Å². The van der Waals surface area contributed by atoms with Crippen LogP contribution in [0.25, 0.3) is 0 Å². The normalized spacial score (nSPS) is 18.9. The first kappa shape index (κ1) is 15.2. The van der Waals surface area contributed by atoms with Gasteiger partial charge in [0, 0.05) is 5.56 Å². The summed E-state index contributed by atoms with van der Waals surface area (Å²) in [7, 11) is 0. The first-order chi connectivity index (χ1) is 9.61. The predicted octanol–water partition coefficient (Wildman–Crippen LogP) is 4.08. The molecule has 2 heteroatoms. The van der Waals surface area contributed by atoms with Gasteiger partial charge in [0.2, 0.25) is 0 Å². The third-order valence-electron chi connectivity index (χ3n) is 4.61. The van der Waals surface area contributed by atoms with E-state index in [0.29, 0.717) is 0 Å². The quantitative estimate of drug-likeness (QED) is 0.753. The zero-order valence-corrected chi connectivity index (χ0v) is 13.1. The first-order valence-corrected chi connectivity index (χ1v) is 7.96. The van der Waals surface area contributed by atoms with Gasteiger partial charge in [-0.25, -0.2) is 0 Å². The maximum Gasteiger partial charge on any atom is 0.179 e. The lowest BCUT2D eigenvalue weighted by Crippen LogP contribution is -2.44. The van der Waals surface area contributed by atoms with Crippen LogP contribution in [0.3, 0.4) is 0 Å². The molecule has 1 saturated heterocycles. The van der Waals surface area contributed by atoms with Crippen LogP contribution >= 0.6 is 0 Å². The third kappa shape index (κ3) is 3.69. The van der Waals surface area contributed by atoms with Gasteiger partial charge in [-0.3, -0.25) is 9.69 Å². The fourth-order valence-electron chi connectivity index (χ4n) is 3.16. The highest BCUT2D eigenvalue weighted by molar-refractivity contribution is 5.99. The van der Waals surface area contributed by atoms with Gasteiger partial charge >= 0.3 is 0 Å². The number of rotatable bonds is 5. The Morgan fingerprint density at radius 2 is 1.85 bits per heavy atom. The Kier molecular flexibility index (Phi) is 5.36. The van der Waals surface area contributed by atoms with Gasteiger partial charge in [0.05, 0.1) is 6.04 Å². The Bertz CT molecular complexity index is 429. The summed E-state index contributed by atoms with van der Waals surface area (Å²) in [4.78, 5) is 14.9. The van der Waals surface area contributed by atoms with Crippen LogP contribution in [0.2, 0.25) is 0 Å². The minimum absolute atomic E-state index is 0.0142. The molecule has 20 heavy (non-hydrogen) atoms. The van der Waals surface area contributed by atoms with Crippen molar-refractivity contribution in [3.8, 4) is 0 Å². The molecule has 0 aliphatic carbocycles. The molecule has 0 bridgehead atoms. The summed E-state index contributed by atoms with van der Waals surface area (Å²) >= 11 is 0. The molecular weight excluding hydrogens is 246 g/mol. The molecule has 1 heterocycles. The van der Waals surface area contributed by atoms with E-state index in [1.54, 1.807) is 0 Å². The van der Waals surface area contributed by atoms with E-state index in [2.05, 4.69) is 25.7 Å². The maximum absolute atomic E-state index is 12.5. The number of likely N-dealkylation sites (tertiary alicyclic amines) is 1. The molecule has 2 rings (SSSR count). The van der Waals surface area contributed by atoms with Crippen LogP contribution in [0.1, 0.15) is 55.5 Å². The highest BCUT2D eigenvalue weighted by Gasteiger charge is 2.26. The minimum Gasteiger partial charge on any atom is -0.293 e. The van der Waals surface area contributed by atoms with Crippen molar-refractivity contribution in [1.29, 1.82) is 0 Å². The number of hydrogen-bond donors (Lipinski definition) is 0. The molecule has 110 valence electrons. The fraction of sp³-hybridized carbons (Fsp3) is 0.611. The standard InChI is InChI=1S/C18H27NO/c1-4-5-16-10-12-19(13-11-16)15(3)18(20)17-8-6-14(2)7-9-17/h6-9,15-16H,4-5,10-13H2,1-3H3. The lowest BCUT2D eigenvalue weighted by atomic mass is 9.91. The number of aryl methyl sites for hydroxylation is 1. The molecule has 0 N–H and O–H groups in total. The van der Waals surface area contributed by atoms with E-state index in [9.17, 15) is 4.79 Å². The molecule has 1 aromatic rings. The number of carbonyl (C=O) groups excluding carboxylic acids is 1. The summed E-state index contributed by atoms with van der Waals surface area (Å²) in [5.74, 6) is 1.14. The number of benzene rings is 1. The Labute approximate surface area is 123 Å². The molecule has 1 aromatic carbocycles. The van der Waals surface area contributed by atoms with Crippen LogP contribution in [-0.2, 0) is 0 Å². The van der Waals surface area contributed by atoms with Crippen LogP contribution < -0.4 is 0 Å². The highest BCUT2D eigenvalue weighted by atomic mass is 16.1. The van der Waals surface area contributed by atoms with Gasteiger partial charge < -0.3 is 0 Å². The van der Waals surface area contributed by atoms with Crippen molar-refractivity contribution in [2.24, 2.45) is 5.92 Å². The van der Waals surface area contributed by atoms with Gasteiger partial charge in [0.25, 0.3) is 0 Å². The lowest BCUT2D eigenvalue weighted by molar-refractivity contribution is 0.0766. The molecule has 1 fully saturated rings. The second-order valence-corrected chi connectivity index (χ2v) is 6.17. The van der Waals surface area contributed by atoms with E-state index < -0.39 is 0 Å². The first-order valence-electron chi connectivity index (χ1n) is 7.96. The van der Waals surface area contributed by atoms with E-state index in [1.165, 1.54) is 31.2 Å². The van der Waals surface area contributed by atoms with E-state index in [0.717, 1.165) is 24.6 Å². The van der Waals surface area contributed by atoms with Crippen molar-refractivity contribution < 1.29 is 4.79 Å². The average Bonchev–Trinajstić information content (AvgIpc) is 2.48. The summed E-state index contributed by atoms with van der Waals surface area (Å²) in [5, 5.41) is 0. The summed E-state index contributed by atoms with van der Waals surface area (Å²) in [5.41, 5.74) is 2.05. The second kappa shape index (κ2) is 7.03. The number of piperidine rings is 1. The number of nitrogens with zero attached hydrogens (tertiary/aromatic N) is 1. The molecule has 0 aromatic heterocycles. The molecule has 1 aliphatic rings. The van der Waals surface area contributed by atoms with Gasteiger partial charge in [-0.05, 0) is 45.7 Å². The van der Waals surface area contributed by atoms with Crippen LogP contribution in [0.4, 0.5) is 0 Å². The van der Waals surface area contributed by atoms with Gasteiger partial charge in [-0.15, -0.1) is 0 Å². The zero-order chi connectivity index (χ0) is 14.5. The number of ketones is 1. The van der Waals surface area contributed by atoms with Gasteiger partial charge in [-0.1, -0.05) is 49.6 Å². The zero-order valence-electron chi connectivity index (χ0n) is 13.1. The predicted molar refractivity (Wildman–Crippen MR) is 84.2 cm³/mol. The largest absolute Gasteiger partial charge is 0.293 e. The monoisotopic (exact) mass is 273 g/mol. The lowest BCUT2D eigenvalue weighted by Gasteiger charge is -2.35. The summed E-state index contributed by atoms with van der Waals surface area (Å²) < 4.78 is 0. The molecule has 1 atom stereocenters. The molecule has 0 amide bonds. The average molecular weight is 273 g/mol. The highest BCUT2D eigenvalue weighted by Crippen LogP contribution is 2.24. The van der Waals surface area contributed by atoms with E-state index in [1.807, 2.05) is 24.3 Å². The Hall–Kier alpha value is -1.15. The van der Waals surface area contributed by atoms with Gasteiger partial charge in [-0.2, -0.15) is 0 Å². The van der Waals surface area contributed by atoms with Crippen molar-refractivity contribution in [1.82, 2.24) is 4.90 Å². The number of Topliss-reactive ketones (excluding diaryl/α,β-unsaturated/α-hetero) is 1. The Morgan fingerprint density at radius 3 is 2.40 bits per heavy atom. The maximum atomic E-state index is 12.5. The van der Waals surface area contributed by atoms with Crippen LogP contribution in [0.5, 0.6) is 0 Å². The van der Waals surface area contributed by atoms with E-state index in [-0.39, 0.29) is 11.8 Å². The fourth-order valence-corrected chi connectivity index (χ4v) is 3.16. The van der Waals surface area contributed by atoms with Crippen LogP contribution in [0.15, 0.2) is 24.3 Å². The van der Waals surface area contributed by atoms with Gasteiger partial charge in [0.1, 0.15) is 0 Å². The second-order valence-electron chi connectivity index (χ2n) is 6.17. The summed E-state index contributed by atoms with van der Waals surface area (Å²) in [6.45, 7) is 8.52. The van der Waals surface area contributed by atoms with Crippen molar-refractivity contribution in [3.05, 3.63) is 35.4 Å². The van der Waals surface area contributed by atoms with E-state index >= 15 is 0 Å². The third-order valence-corrected chi connectivity index (χ3v) is 4.61. The van der Waals surface area contributed by atoms with E-state index in [4.69, 9.17) is 0 Å². The topological polar surface area (TPSA) is 20.3 Å². The summed E-state index contributed by atoms with van der Waals surface area (Å²) in [6.07, 6.45) is 5.12.